The highest BCUT2D eigenvalue weighted by Gasteiger charge is 2.23. The number of anilines is 2. The number of aliphatic imine (C=N–C) groups is 2. The van der Waals surface area contributed by atoms with E-state index in [1.54, 1.807) is 48.6 Å². The number of carbonyl (C=O) groups is 4. The number of aliphatic hydroxyl groups excluding tert-OH is 1. The van der Waals surface area contributed by atoms with Crippen LogP contribution < -0.4 is 16.0 Å². The number of nitrogens with one attached hydrogen (secondary N) is 3. The van der Waals surface area contributed by atoms with E-state index < -0.39 is 17.7 Å². The molecule has 0 spiro atoms. The van der Waals surface area contributed by atoms with Gasteiger partial charge in [-0.15, -0.1) is 7.92 Å². The SMILES string of the molecule is C=Cc1cccc(NC(=O)C(C)C(=O)Nc2cccc(C=C)c2N=C)c1N=C.CC.CC(=O)NC1=CC=CC=CC1.CCCC=O.CO.CP(C)C. The molecule has 1 aliphatic carbocycles. The third-order valence-corrected chi connectivity index (χ3v) is 5.93. The number of amides is 3. The molecule has 3 rings (SSSR count). The predicted octanol–water partition coefficient (Wildman–Crippen LogP) is 9.35. The van der Waals surface area contributed by atoms with Gasteiger partial charge in [-0.25, -0.2) is 0 Å². The highest BCUT2D eigenvalue weighted by atomic mass is 31.1. The molecule has 0 aromatic heterocycles. The zero-order valence-corrected chi connectivity index (χ0v) is 33.4. The quantitative estimate of drug-likeness (QED) is 0.0786. The predicted molar refractivity (Wildman–Crippen MR) is 228 cm³/mol. The number of hydrogen-bond donors (Lipinski definition) is 4. The maximum absolute atomic E-state index is 12.6. The van der Waals surface area contributed by atoms with Crippen molar-refractivity contribution in [3.63, 3.8) is 0 Å². The first-order valence-corrected chi connectivity index (χ1v) is 19.4. The van der Waals surface area contributed by atoms with Gasteiger partial charge in [0.2, 0.25) is 17.7 Å². The van der Waals surface area contributed by atoms with Crippen molar-refractivity contribution in [1.82, 2.24) is 5.32 Å². The lowest BCUT2D eigenvalue weighted by Crippen LogP contribution is -2.31. The minimum absolute atomic E-state index is 0.0139. The molecular formula is C41H60N5O5P. The fourth-order valence-corrected chi connectivity index (χ4v) is 3.62. The van der Waals surface area contributed by atoms with Crippen molar-refractivity contribution < 1.29 is 24.3 Å². The number of hydrogen-bond acceptors (Lipinski definition) is 7. The summed E-state index contributed by atoms with van der Waals surface area (Å²) in [5, 5.41) is 15.2. The lowest BCUT2D eigenvalue weighted by atomic mass is 10.1. The summed E-state index contributed by atoms with van der Waals surface area (Å²) >= 11 is 0. The second-order valence-electron chi connectivity index (χ2n) is 10.6. The number of unbranched alkanes of at least 4 members (excludes halogenated alkanes) is 1. The molecule has 0 heterocycles. The normalized spacial score (nSPS) is 10.3. The number of para-hydroxylation sites is 2. The molecule has 2 aromatic carbocycles. The van der Waals surface area contributed by atoms with E-state index in [2.05, 4.69) is 72.5 Å². The fourth-order valence-electron chi connectivity index (χ4n) is 3.62. The Morgan fingerprint density at radius 1 is 0.846 bits per heavy atom. The van der Waals surface area contributed by atoms with E-state index in [9.17, 15) is 19.2 Å². The average molecular weight is 734 g/mol. The molecule has 0 radical (unpaired) electrons. The van der Waals surface area contributed by atoms with Crippen LogP contribution in [0, 0.1) is 5.92 Å². The van der Waals surface area contributed by atoms with Crippen molar-refractivity contribution >= 4 is 80.3 Å². The minimum atomic E-state index is -0.963. The van der Waals surface area contributed by atoms with Crippen molar-refractivity contribution in [2.45, 2.75) is 53.9 Å². The van der Waals surface area contributed by atoms with E-state index in [1.807, 2.05) is 51.2 Å². The molecule has 11 heteroatoms. The van der Waals surface area contributed by atoms with E-state index in [1.165, 1.54) is 13.8 Å². The Morgan fingerprint density at radius 3 is 1.62 bits per heavy atom. The summed E-state index contributed by atoms with van der Waals surface area (Å²) in [7, 11) is 1.38. The summed E-state index contributed by atoms with van der Waals surface area (Å²) in [6, 6.07) is 10.5. The third kappa shape index (κ3) is 22.6. The Kier molecular flexibility index (Phi) is 32.7. The van der Waals surface area contributed by atoms with Crippen LogP contribution >= 0.6 is 7.92 Å². The highest BCUT2D eigenvalue weighted by molar-refractivity contribution is 7.55. The van der Waals surface area contributed by atoms with Crippen molar-refractivity contribution in [3.8, 4) is 0 Å². The number of rotatable bonds is 11. The standard InChI is InChI=1S/C22H22N4O2.C9H11NO.C4H8O.C3H9P.C2H6.CH4O/c1-6-15-10-8-12-17(19(15)23-4)25-21(27)14(3)22(28)26-18-13-9-11-16(7-2)20(18)24-5;1-8(11)10-9-6-4-2-3-5-7-9;1-2-3-4-5;1-4(2)3;2*1-2/h6-14H,1-2,4-5H2,3H3,(H,25,27)(H,26,28);2-6H,7H2,1H3,(H,10,11);4H,2-3H2,1H3;1-3H3;1-2H3;2H,1H3. The first-order chi connectivity index (χ1) is 24.9. The van der Waals surface area contributed by atoms with Gasteiger partial charge >= 0.3 is 0 Å². The molecular weight excluding hydrogens is 673 g/mol. The zero-order valence-electron chi connectivity index (χ0n) is 32.5. The number of benzene rings is 2. The molecule has 0 atom stereocenters. The van der Waals surface area contributed by atoms with Gasteiger partial charge in [-0.3, -0.25) is 24.4 Å². The summed E-state index contributed by atoms with van der Waals surface area (Å²) in [6.07, 6.45) is 16.4. The van der Waals surface area contributed by atoms with Gasteiger partial charge in [-0.05, 0) is 65.0 Å². The Balaban J connectivity index is -0.000000815. The maximum atomic E-state index is 12.6. The molecule has 0 bridgehead atoms. The average Bonchev–Trinajstić information content (AvgIpc) is 3.41. The van der Waals surface area contributed by atoms with Gasteiger partial charge in [0, 0.05) is 43.7 Å². The fraction of sp³-hybridized carbons (Fsp3) is 0.317. The van der Waals surface area contributed by atoms with Crippen LogP contribution in [0.25, 0.3) is 12.2 Å². The van der Waals surface area contributed by atoms with Gasteiger partial charge in [0.15, 0.2) is 0 Å². The number of aliphatic hydroxyl groups is 1. The number of aldehydes is 1. The van der Waals surface area contributed by atoms with Gasteiger partial charge in [0.05, 0.1) is 22.7 Å². The monoisotopic (exact) mass is 733 g/mol. The summed E-state index contributed by atoms with van der Waals surface area (Å²) in [6.45, 7) is 30.2. The lowest BCUT2D eigenvalue weighted by molar-refractivity contribution is -0.128. The summed E-state index contributed by atoms with van der Waals surface area (Å²) in [5.41, 5.74) is 4.31. The molecule has 3 amide bonds. The van der Waals surface area contributed by atoms with Crippen LogP contribution in [-0.2, 0) is 19.2 Å². The van der Waals surface area contributed by atoms with Crippen molar-refractivity contribution in [2.24, 2.45) is 15.9 Å². The largest absolute Gasteiger partial charge is 0.400 e. The lowest BCUT2D eigenvalue weighted by Gasteiger charge is -2.16. The van der Waals surface area contributed by atoms with Crippen LogP contribution in [0.2, 0.25) is 0 Å². The van der Waals surface area contributed by atoms with E-state index in [0.717, 1.165) is 43.1 Å². The second kappa shape index (κ2) is 33.1. The van der Waals surface area contributed by atoms with Crippen LogP contribution in [0.15, 0.2) is 95.6 Å². The zero-order chi connectivity index (χ0) is 40.5. The Labute approximate surface area is 313 Å². The Morgan fingerprint density at radius 2 is 1.29 bits per heavy atom. The molecule has 4 N–H and O–H groups in total. The first-order valence-electron chi connectivity index (χ1n) is 16.8. The molecule has 1 aliphatic rings. The minimum Gasteiger partial charge on any atom is -0.400 e. The second-order valence-corrected chi connectivity index (χ2v) is 13.3. The van der Waals surface area contributed by atoms with Gasteiger partial charge in [0.25, 0.3) is 0 Å². The van der Waals surface area contributed by atoms with Crippen LogP contribution in [-0.4, -0.2) is 69.7 Å². The molecule has 0 saturated carbocycles. The summed E-state index contributed by atoms with van der Waals surface area (Å²) in [5.74, 6) is -1.93. The maximum Gasteiger partial charge on any atom is 0.236 e. The van der Waals surface area contributed by atoms with Crippen LogP contribution in [0.3, 0.4) is 0 Å². The van der Waals surface area contributed by atoms with E-state index >= 15 is 0 Å². The smallest absolute Gasteiger partial charge is 0.236 e. The molecule has 0 aliphatic heterocycles. The van der Waals surface area contributed by atoms with E-state index in [-0.39, 0.29) is 5.91 Å². The molecule has 10 nitrogen and oxygen atoms in total. The van der Waals surface area contributed by atoms with E-state index in [4.69, 9.17) is 5.11 Å². The summed E-state index contributed by atoms with van der Waals surface area (Å²) in [4.78, 5) is 53.1. The Bertz CT molecular complexity index is 1430. The first kappa shape index (κ1) is 51.3. The number of nitrogens with zero attached hydrogens (tertiary/aromatic N) is 2. The van der Waals surface area contributed by atoms with Gasteiger partial charge < -0.3 is 25.9 Å². The molecule has 0 fully saturated rings. The number of carbonyl (C=O) groups excluding carboxylic acids is 4. The van der Waals surface area contributed by atoms with Crippen LogP contribution in [0.1, 0.15) is 65.0 Å². The highest BCUT2D eigenvalue weighted by Crippen LogP contribution is 2.31. The molecule has 0 saturated heterocycles. The van der Waals surface area contributed by atoms with Crippen molar-refractivity contribution in [3.05, 3.63) is 96.8 Å². The van der Waals surface area contributed by atoms with Gasteiger partial charge in [-0.2, -0.15) is 0 Å². The van der Waals surface area contributed by atoms with Gasteiger partial charge in [-0.1, -0.05) is 94.7 Å². The van der Waals surface area contributed by atoms with E-state index in [0.29, 0.717) is 37.1 Å². The number of allylic oxidation sites excluding steroid dienone is 5. The topological polar surface area (TPSA) is 149 Å². The molecule has 0 unspecified atom stereocenters. The van der Waals surface area contributed by atoms with Gasteiger partial charge in [0.1, 0.15) is 12.2 Å². The van der Waals surface area contributed by atoms with Crippen molar-refractivity contribution in [2.75, 3.05) is 37.7 Å². The van der Waals surface area contributed by atoms with Crippen molar-refractivity contribution in [1.29, 1.82) is 0 Å². The van der Waals surface area contributed by atoms with Crippen LogP contribution in [0.4, 0.5) is 22.7 Å². The summed E-state index contributed by atoms with van der Waals surface area (Å²) < 4.78 is 0. The van der Waals surface area contributed by atoms with Crippen LogP contribution in [0.5, 0.6) is 0 Å². The Hall–Kier alpha value is -5.05. The third-order valence-electron chi connectivity index (χ3n) is 5.93. The molecule has 52 heavy (non-hydrogen) atoms. The molecule has 284 valence electrons. The molecule has 2 aromatic rings.